The summed E-state index contributed by atoms with van der Waals surface area (Å²) in [5.41, 5.74) is 3.41. The van der Waals surface area contributed by atoms with Gasteiger partial charge >= 0.3 is 5.69 Å². The van der Waals surface area contributed by atoms with Crippen molar-refractivity contribution < 1.29 is 8.42 Å². The molecule has 3 aromatic carbocycles. The highest BCUT2D eigenvalue weighted by Crippen LogP contribution is 2.25. The third-order valence-electron chi connectivity index (χ3n) is 4.61. The van der Waals surface area contributed by atoms with Crippen LogP contribution in [0.3, 0.4) is 0 Å². The Kier molecular flexibility index (Phi) is 4.62. The number of fused-ring (bicyclic) bond motifs is 1. The van der Waals surface area contributed by atoms with E-state index in [-0.39, 0.29) is 10.6 Å². The second-order valence-electron chi connectivity index (χ2n) is 6.66. The SMILES string of the molecule is Cc1ccc([C@@H](NS(=O)(=O)c2ccc3[nH]c(=O)[nH]c3c2)c2ccccc2)cc1. The largest absolute Gasteiger partial charge is 0.323 e. The standard InChI is InChI=1S/C21H19N3O3S/c1-14-7-9-16(10-8-14)20(15-5-3-2-4-6-15)24-28(26,27)17-11-12-18-19(13-17)23-21(25)22-18/h2-13,20,24H,1H3,(H2,22,23,25)/t20-/m0/s1. The molecule has 1 atom stereocenters. The Morgan fingerprint density at radius 1 is 0.821 bits per heavy atom. The molecule has 0 fully saturated rings. The zero-order valence-corrected chi connectivity index (χ0v) is 16.0. The smallest absolute Gasteiger partial charge is 0.306 e. The number of benzene rings is 3. The highest BCUT2D eigenvalue weighted by Gasteiger charge is 2.23. The van der Waals surface area contributed by atoms with E-state index in [4.69, 9.17) is 0 Å². The Balaban J connectivity index is 1.75. The number of sulfonamides is 1. The number of imidazole rings is 1. The van der Waals surface area contributed by atoms with Crippen LogP contribution in [-0.2, 0) is 10.0 Å². The number of nitrogens with one attached hydrogen (secondary N) is 3. The maximum atomic E-state index is 13.1. The monoisotopic (exact) mass is 393 g/mol. The fourth-order valence-corrected chi connectivity index (χ4v) is 4.37. The number of aryl methyl sites for hydroxylation is 1. The Morgan fingerprint density at radius 2 is 1.46 bits per heavy atom. The molecule has 0 amide bonds. The second-order valence-corrected chi connectivity index (χ2v) is 8.38. The molecule has 6 nitrogen and oxygen atoms in total. The molecule has 4 aromatic rings. The summed E-state index contributed by atoms with van der Waals surface area (Å²) in [7, 11) is -3.83. The lowest BCUT2D eigenvalue weighted by molar-refractivity contribution is 0.572. The van der Waals surface area contributed by atoms with Gasteiger partial charge in [0, 0.05) is 0 Å². The van der Waals surface area contributed by atoms with Crippen molar-refractivity contribution in [2.24, 2.45) is 0 Å². The molecule has 1 heterocycles. The van der Waals surface area contributed by atoms with Crippen molar-refractivity contribution in [3.8, 4) is 0 Å². The van der Waals surface area contributed by atoms with Crippen LogP contribution in [0.2, 0.25) is 0 Å². The first kappa shape index (κ1) is 18.2. The molecule has 0 saturated heterocycles. The number of aromatic nitrogens is 2. The van der Waals surface area contributed by atoms with Crippen molar-refractivity contribution in [2.75, 3.05) is 0 Å². The van der Waals surface area contributed by atoms with E-state index >= 15 is 0 Å². The molecule has 0 spiro atoms. The molecular weight excluding hydrogens is 374 g/mol. The van der Waals surface area contributed by atoms with Gasteiger partial charge < -0.3 is 9.97 Å². The van der Waals surface area contributed by atoms with Crippen molar-refractivity contribution >= 4 is 21.1 Å². The number of rotatable bonds is 5. The van der Waals surface area contributed by atoms with E-state index in [0.717, 1.165) is 16.7 Å². The van der Waals surface area contributed by atoms with Gasteiger partial charge in [0.15, 0.2) is 0 Å². The second kappa shape index (κ2) is 7.10. The predicted octanol–water partition coefficient (Wildman–Crippen LogP) is 3.23. The quantitative estimate of drug-likeness (QED) is 0.486. The summed E-state index contributed by atoms with van der Waals surface area (Å²) in [5.74, 6) is 0. The van der Waals surface area contributed by atoms with Crippen LogP contribution in [0.5, 0.6) is 0 Å². The Morgan fingerprint density at radius 3 is 2.18 bits per heavy atom. The van der Waals surface area contributed by atoms with Gasteiger partial charge in [0.2, 0.25) is 10.0 Å². The first-order valence-corrected chi connectivity index (χ1v) is 10.3. The molecule has 0 radical (unpaired) electrons. The highest BCUT2D eigenvalue weighted by atomic mass is 32.2. The van der Waals surface area contributed by atoms with E-state index in [2.05, 4.69) is 14.7 Å². The van der Waals surface area contributed by atoms with Gasteiger partial charge in [0.05, 0.1) is 22.0 Å². The van der Waals surface area contributed by atoms with Crippen LogP contribution in [0.4, 0.5) is 0 Å². The van der Waals surface area contributed by atoms with Gasteiger partial charge in [-0.1, -0.05) is 60.2 Å². The Labute approximate surface area is 162 Å². The molecule has 4 rings (SSSR count). The lowest BCUT2D eigenvalue weighted by Crippen LogP contribution is -2.29. The molecule has 28 heavy (non-hydrogen) atoms. The summed E-state index contributed by atoms with van der Waals surface area (Å²) in [6.45, 7) is 1.98. The molecule has 0 aliphatic heterocycles. The van der Waals surface area contributed by atoms with Gasteiger partial charge in [-0.05, 0) is 36.2 Å². The number of H-pyrrole nitrogens is 2. The molecule has 3 N–H and O–H groups in total. The van der Waals surface area contributed by atoms with Gasteiger partial charge in [-0.2, -0.15) is 4.72 Å². The molecule has 7 heteroatoms. The van der Waals surface area contributed by atoms with Gasteiger partial charge in [0.25, 0.3) is 0 Å². The van der Waals surface area contributed by atoms with E-state index in [1.807, 2.05) is 61.5 Å². The topological polar surface area (TPSA) is 94.8 Å². The lowest BCUT2D eigenvalue weighted by atomic mass is 9.99. The first-order valence-electron chi connectivity index (χ1n) is 8.78. The zero-order chi connectivity index (χ0) is 19.7. The predicted molar refractivity (Wildman–Crippen MR) is 109 cm³/mol. The minimum Gasteiger partial charge on any atom is -0.306 e. The summed E-state index contributed by atoms with van der Waals surface area (Å²) >= 11 is 0. The molecule has 142 valence electrons. The molecule has 0 saturated carbocycles. The third-order valence-corrected chi connectivity index (χ3v) is 6.03. The fraction of sp³-hybridized carbons (Fsp3) is 0.0952. The van der Waals surface area contributed by atoms with Crippen LogP contribution >= 0.6 is 0 Å². The van der Waals surface area contributed by atoms with Crippen molar-refractivity contribution in [2.45, 2.75) is 17.9 Å². The lowest BCUT2D eigenvalue weighted by Gasteiger charge is -2.20. The van der Waals surface area contributed by atoms with Crippen LogP contribution in [0.25, 0.3) is 11.0 Å². The Bertz CT molecular complexity index is 1270. The first-order chi connectivity index (χ1) is 13.4. The summed E-state index contributed by atoms with van der Waals surface area (Å²) in [5, 5.41) is 0. The van der Waals surface area contributed by atoms with Gasteiger partial charge in [0.1, 0.15) is 0 Å². The normalized spacial score (nSPS) is 12.9. The molecule has 0 bridgehead atoms. The van der Waals surface area contributed by atoms with E-state index < -0.39 is 16.1 Å². The van der Waals surface area contributed by atoms with Crippen LogP contribution in [-0.4, -0.2) is 18.4 Å². The molecule has 0 unspecified atom stereocenters. The van der Waals surface area contributed by atoms with E-state index in [9.17, 15) is 13.2 Å². The Hall–Kier alpha value is -3.16. The van der Waals surface area contributed by atoms with E-state index in [0.29, 0.717) is 11.0 Å². The van der Waals surface area contributed by atoms with Crippen LogP contribution in [0.1, 0.15) is 22.7 Å². The average Bonchev–Trinajstić information content (AvgIpc) is 3.07. The number of hydrogen-bond donors (Lipinski definition) is 3. The summed E-state index contributed by atoms with van der Waals surface area (Å²) in [6, 6.07) is 21.1. The van der Waals surface area contributed by atoms with Crippen LogP contribution in [0.15, 0.2) is 82.5 Å². The minimum absolute atomic E-state index is 0.0864. The molecule has 0 aliphatic carbocycles. The van der Waals surface area contributed by atoms with E-state index in [1.165, 1.54) is 12.1 Å². The van der Waals surface area contributed by atoms with Crippen LogP contribution < -0.4 is 10.4 Å². The summed E-state index contributed by atoms with van der Waals surface area (Å²) in [4.78, 5) is 16.7. The summed E-state index contributed by atoms with van der Waals surface area (Å²) in [6.07, 6.45) is 0. The third kappa shape index (κ3) is 3.62. The number of aromatic amines is 2. The molecule has 0 aliphatic rings. The van der Waals surface area contributed by atoms with E-state index in [1.54, 1.807) is 6.07 Å². The van der Waals surface area contributed by atoms with Gasteiger partial charge in [-0.15, -0.1) is 0 Å². The van der Waals surface area contributed by atoms with Crippen molar-refractivity contribution in [3.63, 3.8) is 0 Å². The fourth-order valence-electron chi connectivity index (χ4n) is 3.13. The zero-order valence-electron chi connectivity index (χ0n) is 15.1. The molecule has 1 aromatic heterocycles. The summed E-state index contributed by atoms with van der Waals surface area (Å²) < 4.78 is 29.0. The van der Waals surface area contributed by atoms with Crippen molar-refractivity contribution in [1.29, 1.82) is 0 Å². The van der Waals surface area contributed by atoms with Crippen molar-refractivity contribution in [3.05, 3.63) is 100.0 Å². The molecular formula is C21H19N3O3S. The van der Waals surface area contributed by atoms with Crippen molar-refractivity contribution in [1.82, 2.24) is 14.7 Å². The number of hydrogen-bond acceptors (Lipinski definition) is 3. The highest BCUT2D eigenvalue weighted by molar-refractivity contribution is 7.89. The van der Waals surface area contributed by atoms with Gasteiger partial charge in [-0.3, -0.25) is 0 Å². The van der Waals surface area contributed by atoms with Crippen LogP contribution in [0, 0.1) is 6.92 Å². The minimum atomic E-state index is -3.83. The maximum absolute atomic E-state index is 13.1. The van der Waals surface area contributed by atoms with Gasteiger partial charge in [-0.25, -0.2) is 13.2 Å². The average molecular weight is 393 g/mol. The maximum Gasteiger partial charge on any atom is 0.323 e.